The van der Waals surface area contributed by atoms with Crippen LogP contribution in [-0.4, -0.2) is 0 Å². The van der Waals surface area contributed by atoms with Crippen molar-refractivity contribution in [1.82, 2.24) is 0 Å². The van der Waals surface area contributed by atoms with Crippen LogP contribution in [0.15, 0.2) is 229 Å². The number of furan rings is 1. The lowest BCUT2D eigenvalue weighted by Gasteiger charge is -2.40. The summed E-state index contributed by atoms with van der Waals surface area (Å²) in [6.07, 6.45) is 0. The van der Waals surface area contributed by atoms with Gasteiger partial charge in [0.25, 0.3) is 0 Å². The molecular formula is C59H37NO2. The molecule has 1 spiro atoms. The largest absolute Gasteiger partial charge is 0.457 e. The maximum absolute atomic E-state index is 6.69. The third-order valence-electron chi connectivity index (χ3n) is 13.1. The topological polar surface area (TPSA) is 25.6 Å². The number of ether oxygens (including phenoxy) is 1. The van der Waals surface area contributed by atoms with Gasteiger partial charge in [-0.15, -0.1) is 0 Å². The van der Waals surface area contributed by atoms with Crippen molar-refractivity contribution in [2.45, 2.75) is 5.41 Å². The van der Waals surface area contributed by atoms with Crippen LogP contribution in [0.5, 0.6) is 11.5 Å². The van der Waals surface area contributed by atoms with Crippen LogP contribution in [0.25, 0.3) is 66.1 Å². The minimum absolute atomic E-state index is 0.582. The number of benzene rings is 10. The lowest BCUT2D eigenvalue weighted by atomic mass is 9.65. The summed E-state index contributed by atoms with van der Waals surface area (Å²) in [5, 5.41) is 4.69. The van der Waals surface area contributed by atoms with E-state index in [-0.39, 0.29) is 0 Å². The van der Waals surface area contributed by atoms with Crippen molar-refractivity contribution in [2.24, 2.45) is 0 Å². The van der Waals surface area contributed by atoms with Crippen LogP contribution < -0.4 is 9.64 Å². The second-order valence-corrected chi connectivity index (χ2v) is 16.4. The Morgan fingerprint density at radius 2 is 0.935 bits per heavy atom. The predicted octanol–water partition coefficient (Wildman–Crippen LogP) is 16.0. The Kier molecular flexibility index (Phi) is 7.52. The summed E-state index contributed by atoms with van der Waals surface area (Å²) in [5.41, 5.74) is 16.3. The minimum Gasteiger partial charge on any atom is -0.457 e. The predicted molar refractivity (Wildman–Crippen MR) is 254 cm³/mol. The summed E-state index contributed by atoms with van der Waals surface area (Å²) >= 11 is 0. The van der Waals surface area contributed by atoms with Crippen molar-refractivity contribution in [3.63, 3.8) is 0 Å². The molecule has 0 N–H and O–H groups in total. The highest BCUT2D eigenvalue weighted by Gasteiger charge is 2.52. The molecule has 0 bridgehead atoms. The molecule has 0 saturated carbocycles. The van der Waals surface area contributed by atoms with Gasteiger partial charge in [0, 0.05) is 33.3 Å². The van der Waals surface area contributed by atoms with Crippen molar-refractivity contribution in [1.29, 1.82) is 0 Å². The highest BCUT2D eigenvalue weighted by Crippen LogP contribution is 2.63. The Bertz CT molecular complexity index is 3500. The first-order valence-electron chi connectivity index (χ1n) is 21.2. The zero-order valence-corrected chi connectivity index (χ0v) is 33.6. The molecular weight excluding hydrogens is 755 g/mol. The number of nitrogens with zero attached hydrogens (tertiary/aromatic N) is 1. The number of anilines is 3. The fourth-order valence-electron chi connectivity index (χ4n) is 10.4. The van der Waals surface area contributed by atoms with E-state index in [1.54, 1.807) is 0 Å². The van der Waals surface area contributed by atoms with Crippen LogP contribution in [0.3, 0.4) is 0 Å². The van der Waals surface area contributed by atoms with Gasteiger partial charge in [0.05, 0.1) is 11.1 Å². The molecule has 1 aliphatic heterocycles. The lowest BCUT2D eigenvalue weighted by molar-refractivity contribution is 0.437. The van der Waals surface area contributed by atoms with Crippen molar-refractivity contribution in [3.8, 4) is 44.9 Å². The summed E-state index contributed by atoms with van der Waals surface area (Å²) < 4.78 is 13.3. The fraction of sp³-hybridized carbons (Fsp3) is 0.0169. The Labute approximate surface area is 359 Å². The summed E-state index contributed by atoms with van der Waals surface area (Å²) in [6.45, 7) is 0. The van der Waals surface area contributed by atoms with Crippen LogP contribution in [0.1, 0.15) is 22.3 Å². The van der Waals surface area contributed by atoms with Crippen molar-refractivity contribution in [2.75, 3.05) is 4.90 Å². The average molecular weight is 792 g/mol. The van der Waals surface area contributed by atoms with Gasteiger partial charge >= 0.3 is 0 Å². The van der Waals surface area contributed by atoms with Gasteiger partial charge < -0.3 is 14.1 Å². The molecule has 1 aliphatic carbocycles. The maximum atomic E-state index is 6.69. The first-order chi connectivity index (χ1) is 30.7. The molecule has 3 heteroatoms. The molecule has 2 aliphatic rings. The highest BCUT2D eigenvalue weighted by molar-refractivity contribution is 6.10. The van der Waals surface area contributed by atoms with E-state index in [1.807, 2.05) is 12.1 Å². The summed E-state index contributed by atoms with van der Waals surface area (Å²) in [5.74, 6) is 1.79. The van der Waals surface area contributed by atoms with Crippen LogP contribution >= 0.6 is 0 Å². The average Bonchev–Trinajstić information content (AvgIpc) is 3.87. The minimum atomic E-state index is -0.582. The molecule has 13 rings (SSSR count). The molecule has 62 heavy (non-hydrogen) atoms. The Balaban J connectivity index is 0.982. The van der Waals surface area contributed by atoms with E-state index >= 15 is 0 Å². The van der Waals surface area contributed by atoms with Gasteiger partial charge in [-0.2, -0.15) is 0 Å². The summed E-state index contributed by atoms with van der Waals surface area (Å²) in [6, 6.07) is 80.8. The van der Waals surface area contributed by atoms with Crippen molar-refractivity contribution < 1.29 is 9.15 Å². The molecule has 0 radical (unpaired) electrons. The van der Waals surface area contributed by atoms with Crippen LogP contribution in [0, 0.1) is 0 Å². The number of rotatable bonds is 5. The van der Waals surface area contributed by atoms with Crippen molar-refractivity contribution in [3.05, 3.63) is 247 Å². The van der Waals surface area contributed by atoms with Crippen molar-refractivity contribution >= 4 is 49.8 Å². The SMILES string of the molecule is c1ccc(-c2ccc(N(c3ccc(-c4ccc5c(c4)C4(c6ccccc6Oc6ccccc64)c4c-5ccc5ccccc45)cc3)c3cccc4c3oc3ccccc34)cc2)cc1. The molecule has 0 amide bonds. The smallest absolute Gasteiger partial charge is 0.159 e. The third kappa shape index (κ3) is 5.00. The number of hydrogen-bond donors (Lipinski definition) is 0. The molecule has 0 unspecified atom stereocenters. The standard InChI is InChI=1S/C59H37NO2/c1-2-13-38(14-3-1)39-25-31-43(32-26-39)60(53-21-12-18-49-47-17-6-9-22-54(47)62-58(49)53)44-33-27-40(28-34-44)42-30-35-46-48-36-29-41-15-4-5-16-45(41)57(48)59(52(46)37-42)50-19-7-10-23-55(50)61-56-24-11-8-20-51(56)59/h1-37H. The van der Waals surface area contributed by atoms with Gasteiger partial charge in [0.15, 0.2) is 5.58 Å². The first-order valence-corrected chi connectivity index (χ1v) is 21.2. The lowest BCUT2D eigenvalue weighted by Crippen LogP contribution is -2.32. The Hall–Kier alpha value is -8.14. The number of hydrogen-bond acceptors (Lipinski definition) is 3. The first kappa shape index (κ1) is 34.7. The van der Waals surface area contributed by atoms with Crippen LogP contribution in [0.4, 0.5) is 17.1 Å². The van der Waals surface area contributed by atoms with E-state index in [2.05, 4.69) is 217 Å². The molecule has 10 aromatic carbocycles. The molecule has 290 valence electrons. The summed E-state index contributed by atoms with van der Waals surface area (Å²) in [7, 11) is 0. The van der Waals surface area contributed by atoms with Crippen LogP contribution in [0.2, 0.25) is 0 Å². The number of para-hydroxylation sites is 4. The molecule has 11 aromatic rings. The second kappa shape index (κ2) is 13.4. The zero-order valence-electron chi connectivity index (χ0n) is 33.6. The van der Waals surface area contributed by atoms with E-state index in [4.69, 9.17) is 9.15 Å². The van der Waals surface area contributed by atoms with Gasteiger partial charge in [0.1, 0.15) is 17.1 Å². The van der Waals surface area contributed by atoms with Gasteiger partial charge in [-0.3, -0.25) is 0 Å². The molecule has 2 heterocycles. The van der Waals surface area contributed by atoms with Gasteiger partial charge in [-0.25, -0.2) is 0 Å². The van der Waals surface area contributed by atoms with Gasteiger partial charge in [0.2, 0.25) is 0 Å². The quantitative estimate of drug-likeness (QED) is 0.174. The van der Waals surface area contributed by atoms with E-state index < -0.39 is 5.41 Å². The zero-order chi connectivity index (χ0) is 40.8. The highest BCUT2D eigenvalue weighted by atomic mass is 16.5. The number of fused-ring (bicyclic) bond motifs is 14. The molecule has 3 nitrogen and oxygen atoms in total. The monoisotopic (exact) mass is 791 g/mol. The normalized spacial score (nSPS) is 13.1. The van der Waals surface area contributed by atoms with Gasteiger partial charge in [-0.1, -0.05) is 170 Å². The molecule has 0 atom stereocenters. The Morgan fingerprint density at radius 1 is 0.371 bits per heavy atom. The fourth-order valence-corrected chi connectivity index (χ4v) is 10.4. The van der Waals surface area contributed by atoms with Crippen LogP contribution in [-0.2, 0) is 5.41 Å². The Morgan fingerprint density at radius 3 is 1.68 bits per heavy atom. The maximum Gasteiger partial charge on any atom is 0.159 e. The van der Waals surface area contributed by atoms with E-state index in [9.17, 15) is 0 Å². The summed E-state index contributed by atoms with van der Waals surface area (Å²) in [4.78, 5) is 2.32. The molecule has 1 aromatic heterocycles. The molecule has 0 saturated heterocycles. The second-order valence-electron chi connectivity index (χ2n) is 16.4. The van der Waals surface area contributed by atoms with E-state index in [0.29, 0.717) is 0 Å². The van der Waals surface area contributed by atoms with E-state index in [1.165, 1.54) is 44.2 Å². The van der Waals surface area contributed by atoms with Gasteiger partial charge in [-0.05, 0) is 110 Å². The molecule has 0 fully saturated rings. The van der Waals surface area contributed by atoms with E-state index in [0.717, 1.165) is 72.8 Å². The third-order valence-corrected chi connectivity index (χ3v) is 13.1.